The first-order valence-electron chi connectivity index (χ1n) is 4.87. The van der Waals surface area contributed by atoms with Crippen LogP contribution in [0.4, 0.5) is 4.79 Å². The van der Waals surface area contributed by atoms with Crippen LogP contribution in [0.3, 0.4) is 0 Å². The number of nitrogens with one attached hydrogen (secondary N) is 1. The third kappa shape index (κ3) is 3.73. The van der Waals surface area contributed by atoms with Crippen molar-refractivity contribution in [1.82, 2.24) is 5.43 Å². The monoisotopic (exact) mass is 246 g/mol. The minimum Gasteiger partial charge on any atom is -0.469 e. The zero-order valence-corrected chi connectivity index (χ0v) is 10.0. The summed E-state index contributed by atoms with van der Waals surface area (Å²) >= 11 is 1.43. The predicted molar refractivity (Wildman–Crippen MR) is 60.2 cm³/mol. The van der Waals surface area contributed by atoms with Gasteiger partial charge in [-0.3, -0.25) is 4.79 Å². The van der Waals surface area contributed by atoms with Crippen LogP contribution >= 0.6 is 11.8 Å². The Balaban J connectivity index is 2.37. The number of hydrazone groups is 1. The molecule has 1 aliphatic rings. The van der Waals surface area contributed by atoms with Crippen LogP contribution in [0.15, 0.2) is 5.10 Å². The number of carbonyl (C=O) groups is 2. The van der Waals surface area contributed by atoms with E-state index in [9.17, 15) is 9.59 Å². The van der Waals surface area contributed by atoms with Gasteiger partial charge >= 0.3 is 12.1 Å². The lowest BCUT2D eigenvalue weighted by molar-refractivity contribution is -0.144. The normalized spacial score (nSPS) is 21.9. The maximum atomic E-state index is 11.2. The zero-order chi connectivity index (χ0) is 12.0. The van der Waals surface area contributed by atoms with Crippen molar-refractivity contribution in [3.8, 4) is 0 Å². The molecule has 6 nitrogen and oxygen atoms in total. The second-order valence-corrected chi connectivity index (χ2v) is 4.17. The number of thioether (sulfide) groups is 1. The second-order valence-electron chi connectivity index (χ2n) is 3.07. The van der Waals surface area contributed by atoms with Crippen molar-refractivity contribution < 1.29 is 19.1 Å². The van der Waals surface area contributed by atoms with E-state index < -0.39 is 6.09 Å². The number of esters is 1. The Hall–Kier alpha value is -1.24. The van der Waals surface area contributed by atoms with Gasteiger partial charge in [0.2, 0.25) is 0 Å². The molecule has 0 aliphatic carbocycles. The Morgan fingerprint density at radius 2 is 2.38 bits per heavy atom. The van der Waals surface area contributed by atoms with Gasteiger partial charge in [-0.2, -0.15) is 5.10 Å². The molecule has 90 valence electrons. The Morgan fingerprint density at radius 3 is 3.00 bits per heavy atom. The van der Waals surface area contributed by atoms with Crippen molar-refractivity contribution in [2.75, 3.05) is 19.5 Å². The van der Waals surface area contributed by atoms with Crippen LogP contribution in [0.1, 0.15) is 13.3 Å². The van der Waals surface area contributed by atoms with E-state index in [2.05, 4.69) is 20.0 Å². The summed E-state index contributed by atoms with van der Waals surface area (Å²) in [5.74, 6) is 0.224. The molecule has 1 N–H and O–H groups in total. The number of methoxy groups -OCH3 is 1. The quantitative estimate of drug-likeness (QED) is 0.593. The molecule has 1 atom stereocenters. The van der Waals surface area contributed by atoms with Gasteiger partial charge < -0.3 is 9.47 Å². The van der Waals surface area contributed by atoms with E-state index in [1.165, 1.54) is 18.9 Å². The van der Waals surface area contributed by atoms with E-state index in [1.54, 1.807) is 6.92 Å². The van der Waals surface area contributed by atoms with Crippen LogP contribution in [-0.2, 0) is 14.3 Å². The molecule has 0 spiro atoms. The minimum absolute atomic E-state index is 0.169. The van der Waals surface area contributed by atoms with Gasteiger partial charge in [-0.1, -0.05) is 0 Å². The number of carbonyl (C=O) groups excluding carboxylic acids is 2. The summed E-state index contributed by atoms with van der Waals surface area (Å²) in [7, 11) is 1.36. The van der Waals surface area contributed by atoms with Crippen molar-refractivity contribution in [2.24, 2.45) is 11.0 Å². The summed E-state index contributed by atoms with van der Waals surface area (Å²) in [5, 5.41) is 4.57. The van der Waals surface area contributed by atoms with Crippen molar-refractivity contribution in [3.05, 3.63) is 0 Å². The summed E-state index contributed by atoms with van der Waals surface area (Å²) in [6.45, 7) is 2.01. The van der Waals surface area contributed by atoms with E-state index in [4.69, 9.17) is 0 Å². The lowest BCUT2D eigenvalue weighted by Gasteiger charge is -2.03. The molecule has 0 aromatic heterocycles. The molecule has 7 heteroatoms. The lowest BCUT2D eigenvalue weighted by atomic mass is 10.1. The fourth-order valence-corrected chi connectivity index (χ4v) is 2.27. The van der Waals surface area contributed by atoms with Crippen molar-refractivity contribution in [2.45, 2.75) is 13.3 Å². The molecule has 0 aromatic carbocycles. The summed E-state index contributed by atoms with van der Waals surface area (Å²) < 4.78 is 9.27. The Kier molecular flexibility index (Phi) is 5.10. The van der Waals surface area contributed by atoms with Crippen LogP contribution in [0.25, 0.3) is 0 Å². The largest absolute Gasteiger partial charge is 0.469 e. The van der Waals surface area contributed by atoms with E-state index in [1.807, 2.05) is 0 Å². The average Bonchev–Trinajstić information content (AvgIpc) is 2.74. The van der Waals surface area contributed by atoms with Crippen molar-refractivity contribution >= 4 is 28.9 Å². The van der Waals surface area contributed by atoms with Gasteiger partial charge in [-0.15, -0.1) is 11.8 Å². The molecule has 1 heterocycles. The first-order chi connectivity index (χ1) is 7.67. The summed E-state index contributed by atoms with van der Waals surface area (Å²) in [5.41, 5.74) is 2.26. The average molecular weight is 246 g/mol. The van der Waals surface area contributed by atoms with E-state index in [0.29, 0.717) is 23.8 Å². The molecule has 16 heavy (non-hydrogen) atoms. The van der Waals surface area contributed by atoms with Gasteiger partial charge in [-0.25, -0.2) is 10.2 Å². The third-order valence-electron chi connectivity index (χ3n) is 1.95. The van der Waals surface area contributed by atoms with Gasteiger partial charge in [0.05, 0.1) is 24.7 Å². The third-order valence-corrected chi connectivity index (χ3v) is 3.11. The smallest absolute Gasteiger partial charge is 0.427 e. The highest BCUT2D eigenvalue weighted by Crippen LogP contribution is 2.27. The fourth-order valence-electron chi connectivity index (χ4n) is 1.19. The maximum Gasteiger partial charge on any atom is 0.427 e. The molecule has 1 amide bonds. The van der Waals surface area contributed by atoms with E-state index in [0.717, 1.165) is 0 Å². The molecule has 1 unspecified atom stereocenters. The molecule has 0 bridgehead atoms. The van der Waals surface area contributed by atoms with Crippen LogP contribution in [-0.4, -0.2) is 36.6 Å². The van der Waals surface area contributed by atoms with Gasteiger partial charge in [0.15, 0.2) is 0 Å². The van der Waals surface area contributed by atoms with Gasteiger partial charge in [0, 0.05) is 12.2 Å². The number of hydrogen-bond donors (Lipinski definition) is 1. The first kappa shape index (κ1) is 12.8. The van der Waals surface area contributed by atoms with Crippen molar-refractivity contribution in [1.29, 1.82) is 0 Å². The standard InChI is InChI=1S/C9H14N2O4S/c1-3-15-9(13)11-10-7-4-6(5-16-7)8(12)14-2/h6H,3-5H2,1-2H3,(H,11,13). The van der Waals surface area contributed by atoms with Gasteiger partial charge in [0.1, 0.15) is 0 Å². The molecular formula is C9H14N2O4S. The topological polar surface area (TPSA) is 77.0 Å². The lowest BCUT2D eigenvalue weighted by Crippen LogP contribution is -2.20. The number of ether oxygens (including phenoxy) is 2. The summed E-state index contributed by atoms with van der Waals surface area (Å²) in [4.78, 5) is 22.1. The molecule has 0 saturated carbocycles. The molecule has 1 rings (SSSR count). The molecule has 0 aromatic rings. The molecule has 1 aliphatic heterocycles. The van der Waals surface area contributed by atoms with Crippen molar-refractivity contribution in [3.63, 3.8) is 0 Å². The number of amides is 1. The predicted octanol–water partition coefficient (Wildman–Crippen LogP) is 0.972. The zero-order valence-electron chi connectivity index (χ0n) is 9.19. The van der Waals surface area contributed by atoms with Crippen LogP contribution < -0.4 is 5.43 Å². The Morgan fingerprint density at radius 1 is 1.62 bits per heavy atom. The molecule has 0 radical (unpaired) electrons. The number of hydrogen-bond acceptors (Lipinski definition) is 6. The fraction of sp³-hybridized carbons (Fsp3) is 0.667. The molecule has 1 fully saturated rings. The SMILES string of the molecule is CCOC(=O)NN=C1CC(C(=O)OC)CS1. The Bertz CT molecular complexity index is 306. The summed E-state index contributed by atoms with van der Waals surface area (Å²) in [6.07, 6.45) is -0.0823. The Labute approximate surface area is 97.7 Å². The summed E-state index contributed by atoms with van der Waals surface area (Å²) in [6, 6.07) is 0. The van der Waals surface area contributed by atoms with Gasteiger partial charge in [-0.05, 0) is 6.92 Å². The van der Waals surface area contributed by atoms with Crippen LogP contribution in [0.2, 0.25) is 0 Å². The van der Waals surface area contributed by atoms with E-state index >= 15 is 0 Å². The second kappa shape index (κ2) is 6.37. The highest BCUT2D eigenvalue weighted by Gasteiger charge is 2.28. The number of nitrogens with zero attached hydrogens (tertiary/aromatic N) is 1. The maximum absolute atomic E-state index is 11.2. The van der Waals surface area contributed by atoms with E-state index in [-0.39, 0.29) is 11.9 Å². The number of rotatable bonds is 3. The minimum atomic E-state index is -0.586. The van der Waals surface area contributed by atoms with Crippen LogP contribution in [0.5, 0.6) is 0 Å². The van der Waals surface area contributed by atoms with Gasteiger partial charge in [0.25, 0.3) is 0 Å². The molecular weight excluding hydrogens is 232 g/mol. The highest BCUT2D eigenvalue weighted by molar-refractivity contribution is 8.14. The highest BCUT2D eigenvalue weighted by atomic mass is 32.2. The van der Waals surface area contributed by atoms with Crippen LogP contribution in [0, 0.1) is 5.92 Å². The molecule has 1 saturated heterocycles. The first-order valence-corrected chi connectivity index (χ1v) is 5.85.